The van der Waals surface area contributed by atoms with E-state index in [2.05, 4.69) is 10.2 Å². The van der Waals surface area contributed by atoms with Crippen LogP contribution < -0.4 is 0 Å². The Bertz CT molecular complexity index is 751. The zero-order valence-electron chi connectivity index (χ0n) is 9.52. The van der Waals surface area contributed by atoms with Crippen molar-refractivity contribution < 1.29 is 9.31 Å². The molecule has 0 aliphatic heterocycles. The molecule has 94 valence electrons. The van der Waals surface area contributed by atoms with Crippen LogP contribution in [0.2, 0.25) is 0 Å². The third-order valence-corrected chi connectivity index (χ3v) is 2.64. The van der Waals surface area contributed by atoms with E-state index in [1.165, 1.54) is 12.1 Å². The summed E-state index contributed by atoms with van der Waals surface area (Å²) in [6.07, 6.45) is 0. The molecule has 2 aromatic carbocycles. The quantitative estimate of drug-likeness (QED) is 0.522. The summed E-state index contributed by atoms with van der Waals surface area (Å²) in [6, 6.07) is 10.5. The number of nitro groups is 1. The van der Waals surface area contributed by atoms with Gasteiger partial charge in [0.25, 0.3) is 5.69 Å². The smallest absolute Gasteiger partial charge is 0.258 e. The lowest BCUT2D eigenvalue weighted by Crippen LogP contribution is -2.02. The molecule has 7 heteroatoms. The van der Waals surface area contributed by atoms with Crippen LogP contribution in [0, 0.1) is 15.9 Å². The molecule has 0 unspecified atom stereocenters. The van der Waals surface area contributed by atoms with Crippen molar-refractivity contribution in [1.82, 2.24) is 15.0 Å². The summed E-state index contributed by atoms with van der Waals surface area (Å²) in [4.78, 5) is 11.0. The lowest BCUT2D eigenvalue weighted by atomic mass is 10.3. The summed E-state index contributed by atoms with van der Waals surface area (Å²) in [6.45, 7) is 0. The van der Waals surface area contributed by atoms with Gasteiger partial charge < -0.3 is 0 Å². The van der Waals surface area contributed by atoms with Gasteiger partial charge in [0.2, 0.25) is 0 Å². The van der Waals surface area contributed by atoms with Crippen LogP contribution in [-0.4, -0.2) is 19.9 Å². The second kappa shape index (κ2) is 4.13. The summed E-state index contributed by atoms with van der Waals surface area (Å²) >= 11 is 0. The van der Waals surface area contributed by atoms with Crippen LogP contribution >= 0.6 is 0 Å². The van der Waals surface area contributed by atoms with Gasteiger partial charge in [-0.05, 0) is 18.2 Å². The first-order chi connectivity index (χ1) is 9.15. The molecule has 3 rings (SSSR count). The number of fused-ring (bicyclic) bond motifs is 1. The van der Waals surface area contributed by atoms with Crippen LogP contribution in [0.5, 0.6) is 0 Å². The fourth-order valence-corrected chi connectivity index (χ4v) is 1.74. The van der Waals surface area contributed by atoms with Crippen molar-refractivity contribution in [3.05, 3.63) is 58.4 Å². The summed E-state index contributed by atoms with van der Waals surface area (Å²) < 4.78 is 13.8. The van der Waals surface area contributed by atoms with Crippen molar-refractivity contribution >= 4 is 16.7 Å². The van der Waals surface area contributed by atoms with E-state index in [1.807, 2.05) is 0 Å². The number of nitrogens with zero attached hydrogens (tertiary/aromatic N) is 4. The van der Waals surface area contributed by atoms with Gasteiger partial charge in [0.1, 0.15) is 16.7 Å². The van der Waals surface area contributed by atoms with Crippen LogP contribution in [-0.2, 0) is 0 Å². The summed E-state index contributed by atoms with van der Waals surface area (Å²) in [7, 11) is 0. The first-order valence-electron chi connectivity index (χ1n) is 5.41. The molecule has 19 heavy (non-hydrogen) atoms. The van der Waals surface area contributed by atoms with Crippen molar-refractivity contribution in [1.29, 1.82) is 0 Å². The molecule has 1 aromatic heterocycles. The fourth-order valence-electron chi connectivity index (χ4n) is 1.74. The molecule has 0 spiro atoms. The van der Waals surface area contributed by atoms with Crippen molar-refractivity contribution in [2.45, 2.75) is 0 Å². The van der Waals surface area contributed by atoms with Crippen molar-refractivity contribution in [2.24, 2.45) is 0 Å². The average molecular weight is 258 g/mol. The zero-order chi connectivity index (χ0) is 13.4. The van der Waals surface area contributed by atoms with E-state index in [0.717, 1.165) is 10.9 Å². The number of non-ortho nitro benzene ring substituents is 1. The molecule has 0 bridgehead atoms. The lowest BCUT2D eigenvalue weighted by molar-refractivity contribution is -0.385. The van der Waals surface area contributed by atoms with Gasteiger partial charge in [-0.25, -0.2) is 4.39 Å². The minimum atomic E-state index is -0.741. The number of hydrogen-bond acceptors (Lipinski definition) is 4. The Morgan fingerprint density at radius 1 is 1.11 bits per heavy atom. The third-order valence-electron chi connectivity index (χ3n) is 2.64. The molecule has 0 radical (unpaired) electrons. The second-order valence-corrected chi connectivity index (χ2v) is 3.87. The SMILES string of the molecule is O=[N+]([O-])c1ccc(-n2nc3ccccc3n2)c(F)c1. The Balaban J connectivity index is 2.13. The predicted octanol–water partition coefficient (Wildman–Crippen LogP) is 2.47. The summed E-state index contributed by atoms with van der Waals surface area (Å²) in [5.41, 5.74) is 1.01. The Kier molecular flexibility index (Phi) is 2.45. The molecule has 0 atom stereocenters. The van der Waals surface area contributed by atoms with Crippen molar-refractivity contribution in [2.75, 3.05) is 0 Å². The van der Waals surface area contributed by atoms with Crippen LogP contribution in [0.1, 0.15) is 0 Å². The highest BCUT2D eigenvalue weighted by atomic mass is 19.1. The maximum absolute atomic E-state index is 13.8. The largest absolute Gasteiger partial charge is 0.272 e. The highest BCUT2D eigenvalue weighted by molar-refractivity contribution is 5.73. The minimum Gasteiger partial charge on any atom is -0.258 e. The van der Waals surface area contributed by atoms with Gasteiger partial charge in [-0.15, -0.1) is 15.0 Å². The maximum atomic E-state index is 13.8. The van der Waals surface area contributed by atoms with E-state index in [9.17, 15) is 14.5 Å². The molecule has 3 aromatic rings. The van der Waals surface area contributed by atoms with Gasteiger partial charge in [-0.3, -0.25) is 10.1 Å². The van der Waals surface area contributed by atoms with Gasteiger partial charge in [0.05, 0.1) is 11.0 Å². The molecule has 0 saturated heterocycles. The first kappa shape index (κ1) is 11.3. The lowest BCUT2D eigenvalue weighted by Gasteiger charge is -2.00. The predicted molar refractivity (Wildman–Crippen MR) is 65.5 cm³/mol. The first-order valence-corrected chi connectivity index (χ1v) is 5.41. The summed E-state index contributed by atoms with van der Waals surface area (Å²) in [5.74, 6) is -0.741. The molecule has 1 heterocycles. The highest BCUT2D eigenvalue weighted by Crippen LogP contribution is 2.20. The van der Waals surface area contributed by atoms with E-state index in [-0.39, 0.29) is 11.4 Å². The molecule has 0 saturated carbocycles. The van der Waals surface area contributed by atoms with Crippen LogP contribution in [0.25, 0.3) is 16.7 Å². The number of rotatable bonds is 2. The van der Waals surface area contributed by atoms with Gasteiger partial charge in [0.15, 0.2) is 5.82 Å². The van der Waals surface area contributed by atoms with Gasteiger partial charge in [0, 0.05) is 6.07 Å². The van der Waals surface area contributed by atoms with Crippen LogP contribution in [0.3, 0.4) is 0 Å². The maximum Gasteiger partial charge on any atom is 0.272 e. The number of aromatic nitrogens is 3. The number of nitro benzene ring substituents is 1. The molecular formula is C12H7FN4O2. The normalized spacial score (nSPS) is 10.8. The standard InChI is InChI=1S/C12H7FN4O2/c13-9-7-8(17(18)19)5-6-12(9)16-14-10-3-1-2-4-11(10)15-16/h1-7H. The topological polar surface area (TPSA) is 73.8 Å². The molecule has 0 amide bonds. The zero-order valence-corrected chi connectivity index (χ0v) is 9.52. The van der Waals surface area contributed by atoms with Gasteiger partial charge in [-0.1, -0.05) is 12.1 Å². The van der Waals surface area contributed by atoms with Crippen molar-refractivity contribution in [3.8, 4) is 5.69 Å². The number of hydrogen-bond donors (Lipinski definition) is 0. The third kappa shape index (κ3) is 1.90. The summed E-state index contributed by atoms with van der Waals surface area (Å²) in [5, 5.41) is 18.8. The monoisotopic (exact) mass is 258 g/mol. The van der Waals surface area contributed by atoms with E-state index in [1.54, 1.807) is 24.3 Å². The minimum absolute atomic E-state index is 0.0711. The highest BCUT2D eigenvalue weighted by Gasteiger charge is 2.13. The van der Waals surface area contributed by atoms with E-state index < -0.39 is 10.7 Å². The fraction of sp³-hybridized carbons (Fsp3) is 0. The van der Waals surface area contributed by atoms with Gasteiger partial charge >= 0.3 is 0 Å². The van der Waals surface area contributed by atoms with E-state index >= 15 is 0 Å². The molecule has 6 nitrogen and oxygen atoms in total. The van der Waals surface area contributed by atoms with Crippen molar-refractivity contribution in [3.63, 3.8) is 0 Å². The Labute approximate surface area is 106 Å². The Morgan fingerprint density at radius 2 is 1.74 bits per heavy atom. The van der Waals surface area contributed by atoms with Crippen LogP contribution in [0.4, 0.5) is 10.1 Å². The molecular weight excluding hydrogens is 251 g/mol. The molecule has 0 aliphatic rings. The Hall–Kier alpha value is -2.83. The molecule has 0 N–H and O–H groups in total. The average Bonchev–Trinajstić information content (AvgIpc) is 2.81. The van der Waals surface area contributed by atoms with Crippen LogP contribution in [0.15, 0.2) is 42.5 Å². The second-order valence-electron chi connectivity index (χ2n) is 3.87. The van der Waals surface area contributed by atoms with Gasteiger partial charge in [-0.2, -0.15) is 0 Å². The number of benzene rings is 2. The Morgan fingerprint density at radius 3 is 2.26 bits per heavy atom. The molecule has 0 fully saturated rings. The van der Waals surface area contributed by atoms with E-state index in [4.69, 9.17) is 0 Å². The molecule has 0 aliphatic carbocycles. The van der Waals surface area contributed by atoms with E-state index in [0.29, 0.717) is 11.0 Å². The number of halogens is 1.